The first-order chi connectivity index (χ1) is 16.3. The van der Waals surface area contributed by atoms with Gasteiger partial charge in [0.2, 0.25) is 10.9 Å². The summed E-state index contributed by atoms with van der Waals surface area (Å²) in [5.41, 5.74) is 2.19. The highest BCUT2D eigenvalue weighted by atomic mass is 16.5. The smallest absolute Gasteiger partial charge is 0.201 e. The number of nitrogens with zero attached hydrogens (tertiary/aromatic N) is 2. The van der Waals surface area contributed by atoms with E-state index in [9.17, 15) is 9.59 Å². The van der Waals surface area contributed by atoms with Crippen LogP contribution in [0.2, 0.25) is 0 Å². The average Bonchev–Trinajstić information content (AvgIpc) is 2.87. The monoisotopic (exact) mass is 460 g/mol. The molecule has 0 bridgehead atoms. The molecule has 0 aliphatic rings. The topological polar surface area (TPSA) is 80.9 Å². The van der Waals surface area contributed by atoms with E-state index in [1.807, 2.05) is 23.2 Å². The normalized spacial score (nSPS) is 11.5. The molecule has 0 radical (unpaired) electrons. The van der Waals surface area contributed by atoms with E-state index < -0.39 is 0 Å². The van der Waals surface area contributed by atoms with E-state index in [-0.39, 0.29) is 10.9 Å². The first kappa shape index (κ1) is 21.6. The largest absolute Gasteiger partial charge is 0.497 e. The van der Waals surface area contributed by atoms with Crippen LogP contribution in [-0.2, 0) is 14.1 Å². The summed E-state index contributed by atoms with van der Waals surface area (Å²) in [5.74, 6) is 2.00. The summed E-state index contributed by atoms with van der Waals surface area (Å²) in [6, 6.07) is 10.5. The third-order valence-electron chi connectivity index (χ3n) is 6.52. The summed E-state index contributed by atoms with van der Waals surface area (Å²) >= 11 is 0. The van der Waals surface area contributed by atoms with Crippen molar-refractivity contribution in [3.05, 3.63) is 56.8 Å². The lowest BCUT2D eigenvalue weighted by atomic mass is 10.0. The molecule has 174 valence electrons. The molecule has 0 amide bonds. The third kappa shape index (κ3) is 2.84. The highest BCUT2D eigenvalue weighted by Crippen LogP contribution is 2.34. The van der Waals surface area contributed by atoms with E-state index in [2.05, 4.69) is 0 Å². The van der Waals surface area contributed by atoms with Crippen LogP contribution in [0.5, 0.6) is 23.0 Å². The zero-order chi connectivity index (χ0) is 24.3. The number of fused-ring (bicyclic) bond motifs is 4. The zero-order valence-corrected chi connectivity index (χ0v) is 19.8. The molecule has 0 aliphatic heterocycles. The Balaban J connectivity index is 2.03. The van der Waals surface area contributed by atoms with Gasteiger partial charge in [0.1, 0.15) is 23.0 Å². The lowest BCUT2D eigenvalue weighted by molar-refractivity contribution is 0.397. The van der Waals surface area contributed by atoms with Crippen molar-refractivity contribution in [3.63, 3.8) is 0 Å². The quantitative estimate of drug-likeness (QED) is 0.380. The van der Waals surface area contributed by atoms with Gasteiger partial charge in [-0.25, -0.2) is 0 Å². The number of aromatic nitrogens is 2. The van der Waals surface area contributed by atoms with Gasteiger partial charge in [-0.05, 0) is 12.1 Å². The lowest BCUT2D eigenvalue weighted by Crippen LogP contribution is -2.14. The highest BCUT2D eigenvalue weighted by Gasteiger charge is 2.19. The molecule has 0 N–H and O–H groups in total. The van der Waals surface area contributed by atoms with Crippen LogP contribution >= 0.6 is 0 Å². The van der Waals surface area contributed by atoms with Gasteiger partial charge in [0.15, 0.2) is 0 Å². The van der Waals surface area contributed by atoms with Crippen LogP contribution in [0, 0.1) is 0 Å². The summed E-state index contributed by atoms with van der Waals surface area (Å²) in [7, 11) is 9.87. The number of hydrogen-bond donors (Lipinski definition) is 0. The van der Waals surface area contributed by atoms with Crippen LogP contribution < -0.4 is 29.8 Å². The summed E-state index contributed by atoms with van der Waals surface area (Å²) in [6.45, 7) is 0. The van der Waals surface area contributed by atoms with E-state index in [1.165, 1.54) is 14.2 Å². The maximum absolute atomic E-state index is 13.7. The van der Waals surface area contributed by atoms with E-state index in [1.54, 1.807) is 50.6 Å². The van der Waals surface area contributed by atoms with Crippen LogP contribution in [0.25, 0.3) is 43.6 Å². The minimum absolute atomic E-state index is 0.180. The van der Waals surface area contributed by atoms with Crippen molar-refractivity contribution in [3.8, 4) is 23.0 Å². The Morgan fingerprint density at radius 3 is 1.24 bits per heavy atom. The Morgan fingerprint density at radius 1 is 0.529 bits per heavy atom. The van der Waals surface area contributed by atoms with Gasteiger partial charge in [-0.3, -0.25) is 9.59 Å². The standard InChI is InChI=1S/C26H24N2O6/c1-27-17-11-16-18(28(2)20-8-14(32-4)10-22(34-6)24(20)26(16)30)12-15(17)25(29)23-19(27)7-13(31-3)9-21(23)33-5/h7-12H,1-6H3. The Morgan fingerprint density at radius 2 is 0.912 bits per heavy atom. The van der Waals surface area contributed by atoms with Crippen molar-refractivity contribution >= 4 is 43.6 Å². The van der Waals surface area contributed by atoms with E-state index in [0.29, 0.717) is 66.6 Å². The van der Waals surface area contributed by atoms with Gasteiger partial charge in [-0.15, -0.1) is 0 Å². The molecule has 8 nitrogen and oxygen atoms in total. The number of hydrogen-bond acceptors (Lipinski definition) is 6. The summed E-state index contributed by atoms with van der Waals surface area (Å²) in [6.07, 6.45) is 0. The SMILES string of the molecule is COc1cc(OC)c2c(=O)c3cc4c(cc3n(C)c2c1)c(=O)c1c(OC)cc(OC)cc1n4C. The molecule has 0 fully saturated rings. The molecule has 0 saturated heterocycles. The molecular weight excluding hydrogens is 436 g/mol. The molecule has 2 aromatic heterocycles. The van der Waals surface area contributed by atoms with Crippen LogP contribution in [-0.4, -0.2) is 37.6 Å². The van der Waals surface area contributed by atoms with Gasteiger partial charge >= 0.3 is 0 Å². The van der Waals surface area contributed by atoms with Crippen molar-refractivity contribution in [2.75, 3.05) is 28.4 Å². The third-order valence-corrected chi connectivity index (χ3v) is 6.52. The number of methoxy groups -OCH3 is 4. The van der Waals surface area contributed by atoms with E-state index in [0.717, 1.165) is 0 Å². The summed E-state index contributed by atoms with van der Waals surface area (Å²) < 4.78 is 25.6. The molecule has 0 aliphatic carbocycles. The summed E-state index contributed by atoms with van der Waals surface area (Å²) in [4.78, 5) is 27.3. The second-order valence-electron chi connectivity index (χ2n) is 8.11. The minimum atomic E-state index is -0.180. The molecule has 0 saturated carbocycles. The fraction of sp³-hybridized carbons (Fsp3) is 0.231. The van der Waals surface area contributed by atoms with Crippen LogP contribution in [0.3, 0.4) is 0 Å². The molecule has 5 rings (SSSR count). The van der Waals surface area contributed by atoms with Crippen molar-refractivity contribution in [1.29, 1.82) is 0 Å². The molecule has 3 aromatic carbocycles. The van der Waals surface area contributed by atoms with Crippen molar-refractivity contribution < 1.29 is 18.9 Å². The molecule has 8 heteroatoms. The number of rotatable bonds is 4. The number of ether oxygens (including phenoxy) is 4. The van der Waals surface area contributed by atoms with Crippen molar-refractivity contribution in [1.82, 2.24) is 9.13 Å². The molecule has 0 atom stereocenters. The minimum Gasteiger partial charge on any atom is -0.497 e. The molecule has 0 unspecified atom stereocenters. The maximum atomic E-state index is 13.7. The number of aryl methyl sites for hydroxylation is 2. The van der Waals surface area contributed by atoms with E-state index >= 15 is 0 Å². The van der Waals surface area contributed by atoms with Gasteiger partial charge in [-0.2, -0.15) is 0 Å². The first-order valence-electron chi connectivity index (χ1n) is 10.6. The average molecular weight is 460 g/mol. The van der Waals surface area contributed by atoms with E-state index in [4.69, 9.17) is 18.9 Å². The number of benzene rings is 3. The molecule has 34 heavy (non-hydrogen) atoms. The van der Waals surface area contributed by atoms with Gasteiger partial charge in [0.05, 0.1) is 61.3 Å². The van der Waals surface area contributed by atoms with Gasteiger partial charge in [0.25, 0.3) is 0 Å². The molecule has 0 spiro atoms. The lowest BCUT2D eigenvalue weighted by Gasteiger charge is -2.17. The summed E-state index contributed by atoms with van der Waals surface area (Å²) in [5, 5.41) is 1.86. The van der Waals surface area contributed by atoms with Gasteiger partial charge in [0, 0.05) is 49.1 Å². The predicted molar refractivity (Wildman–Crippen MR) is 133 cm³/mol. The molecule has 5 aromatic rings. The zero-order valence-electron chi connectivity index (χ0n) is 19.8. The Labute approximate surface area is 194 Å². The van der Waals surface area contributed by atoms with Crippen LogP contribution in [0.1, 0.15) is 0 Å². The predicted octanol–water partition coefficient (Wildman–Crippen LogP) is 3.73. The van der Waals surface area contributed by atoms with Gasteiger partial charge in [-0.1, -0.05) is 0 Å². The Kier molecular flexibility index (Phi) is 4.89. The van der Waals surface area contributed by atoms with Gasteiger partial charge < -0.3 is 28.1 Å². The molecule has 2 heterocycles. The second-order valence-corrected chi connectivity index (χ2v) is 8.11. The fourth-order valence-corrected chi connectivity index (χ4v) is 4.72. The second kappa shape index (κ2) is 7.69. The maximum Gasteiger partial charge on any atom is 0.201 e. The first-order valence-corrected chi connectivity index (χ1v) is 10.6. The van der Waals surface area contributed by atoms with Crippen molar-refractivity contribution in [2.45, 2.75) is 0 Å². The highest BCUT2D eigenvalue weighted by molar-refractivity contribution is 6.05. The van der Waals surface area contributed by atoms with Crippen LogP contribution in [0.15, 0.2) is 46.0 Å². The van der Waals surface area contributed by atoms with Crippen molar-refractivity contribution in [2.24, 2.45) is 14.1 Å². The fourth-order valence-electron chi connectivity index (χ4n) is 4.72. The molecular formula is C26H24N2O6. The Bertz CT molecular complexity index is 1630. The number of pyridine rings is 2. The Hall–Kier alpha value is -4.20. The van der Waals surface area contributed by atoms with Crippen LogP contribution in [0.4, 0.5) is 0 Å².